The van der Waals surface area contributed by atoms with E-state index < -0.39 is 0 Å². The Morgan fingerprint density at radius 2 is 1.94 bits per heavy atom. The number of likely N-dealkylation sites (tertiary alicyclic amines) is 1. The van der Waals surface area contributed by atoms with Crippen molar-refractivity contribution in [1.82, 2.24) is 10.2 Å². The van der Waals surface area contributed by atoms with E-state index in [1.807, 2.05) is 0 Å². The van der Waals surface area contributed by atoms with Gasteiger partial charge in [-0.25, -0.2) is 0 Å². The number of nitrogens with one attached hydrogen (secondary N) is 1. The first-order chi connectivity index (χ1) is 8.20. The van der Waals surface area contributed by atoms with E-state index in [1.54, 1.807) is 0 Å². The summed E-state index contributed by atoms with van der Waals surface area (Å²) >= 11 is 0. The van der Waals surface area contributed by atoms with E-state index in [-0.39, 0.29) is 5.41 Å². The van der Waals surface area contributed by atoms with Gasteiger partial charge < -0.3 is 10.2 Å². The molecule has 106 valence electrons. The second-order valence-electron chi connectivity index (χ2n) is 7.23. The minimum absolute atomic E-state index is 0.240. The van der Waals surface area contributed by atoms with Crippen LogP contribution >= 0.6 is 0 Å². The molecule has 3 nitrogen and oxygen atoms in total. The van der Waals surface area contributed by atoms with Gasteiger partial charge in [0.1, 0.15) is 0 Å². The van der Waals surface area contributed by atoms with E-state index in [2.05, 4.69) is 51.8 Å². The van der Waals surface area contributed by atoms with Crippen LogP contribution < -0.4 is 5.32 Å². The highest BCUT2D eigenvalue weighted by atomic mass is 16.2. The fraction of sp³-hybridized carbons (Fsp3) is 0.933. The van der Waals surface area contributed by atoms with Gasteiger partial charge in [-0.1, -0.05) is 41.5 Å². The summed E-state index contributed by atoms with van der Waals surface area (Å²) in [6, 6.07) is 0.518. The third-order valence-electron chi connectivity index (χ3n) is 3.85. The number of carbonyl (C=O) groups is 1. The first-order valence-corrected chi connectivity index (χ1v) is 7.21. The molecule has 1 heterocycles. The van der Waals surface area contributed by atoms with Crippen LogP contribution in [0.5, 0.6) is 0 Å². The van der Waals surface area contributed by atoms with E-state index in [1.165, 1.54) is 0 Å². The monoisotopic (exact) mass is 254 g/mol. The van der Waals surface area contributed by atoms with Gasteiger partial charge in [-0.2, -0.15) is 0 Å². The van der Waals surface area contributed by atoms with Crippen molar-refractivity contribution in [3.8, 4) is 0 Å². The average molecular weight is 254 g/mol. The van der Waals surface area contributed by atoms with Gasteiger partial charge in [0.2, 0.25) is 5.91 Å². The van der Waals surface area contributed by atoms with Gasteiger partial charge in [0.05, 0.1) is 0 Å². The maximum Gasteiger partial charge on any atom is 0.222 e. The molecule has 18 heavy (non-hydrogen) atoms. The molecule has 1 saturated heterocycles. The lowest BCUT2D eigenvalue weighted by molar-refractivity contribution is -0.128. The van der Waals surface area contributed by atoms with Gasteiger partial charge in [-0.05, 0) is 23.8 Å². The molecule has 1 N–H and O–H groups in total. The lowest BCUT2D eigenvalue weighted by Gasteiger charge is -2.27. The van der Waals surface area contributed by atoms with Gasteiger partial charge in [0, 0.05) is 25.6 Å². The Balaban J connectivity index is 2.41. The summed E-state index contributed by atoms with van der Waals surface area (Å²) in [5.74, 6) is 1.37. The highest BCUT2D eigenvalue weighted by Crippen LogP contribution is 2.34. The van der Waals surface area contributed by atoms with Crippen LogP contribution in [0.15, 0.2) is 0 Å². The van der Waals surface area contributed by atoms with E-state index in [0.29, 0.717) is 23.8 Å². The summed E-state index contributed by atoms with van der Waals surface area (Å²) in [5.41, 5.74) is 0.240. The van der Waals surface area contributed by atoms with Crippen LogP contribution in [0.25, 0.3) is 0 Å². The lowest BCUT2D eigenvalue weighted by atomic mass is 9.80. The van der Waals surface area contributed by atoms with E-state index in [4.69, 9.17) is 0 Å². The molecule has 0 radical (unpaired) electrons. The minimum atomic E-state index is 0.240. The van der Waals surface area contributed by atoms with Crippen LogP contribution in [0.2, 0.25) is 0 Å². The van der Waals surface area contributed by atoms with Crippen LogP contribution in [0, 0.1) is 17.3 Å². The van der Waals surface area contributed by atoms with Crippen LogP contribution in [-0.2, 0) is 4.79 Å². The molecular formula is C15H30N2O. The van der Waals surface area contributed by atoms with Crippen molar-refractivity contribution in [2.24, 2.45) is 17.3 Å². The van der Waals surface area contributed by atoms with Crippen molar-refractivity contribution in [2.45, 2.75) is 54.0 Å². The molecule has 0 aromatic carbocycles. The Morgan fingerprint density at radius 1 is 1.33 bits per heavy atom. The minimum Gasteiger partial charge on any atom is -0.342 e. The maximum atomic E-state index is 12.0. The zero-order valence-electron chi connectivity index (χ0n) is 12.9. The predicted molar refractivity (Wildman–Crippen MR) is 76.4 cm³/mol. The van der Waals surface area contributed by atoms with Crippen LogP contribution in [0.4, 0.5) is 0 Å². The summed E-state index contributed by atoms with van der Waals surface area (Å²) in [7, 11) is 0. The Morgan fingerprint density at radius 3 is 2.39 bits per heavy atom. The van der Waals surface area contributed by atoms with Gasteiger partial charge in [-0.15, -0.1) is 0 Å². The molecule has 0 bridgehead atoms. The fourth-order valence-corrected chi connectivity index (χ4v) is 2.41. The molecule has 1 fully saturated rings. The fourth-order valence-electron chi connectivity index (χ4n) is 2.41. The van der Waals surface area contributed by atoms with Crippen LogP contribution in [0.1, 0.15) is 48.0 Å². The first kappa shape index (κ1) is 15.5. The van der Waals surface area contributed by atoms with Crippen LogP contribution in [0.3, 0.4) is 0 Å². The zero-order chi connectivity index (χ0) is 13.9. The number of amides is 1. The van der Waals surface area contributed by atoms with Crippen molar-refractivity contribution >= 4 is 5.91 Å². The molecule has 3 heteroatoms. The Kier molecular flexibility index (Phi) is 5.20. The summed E-state index contributed by atoms with van der Waals surface area (Å²) in [6.07, 6.45) is 0.730. The van der Waals surface area contributed by atoms with Crippen molar-refractivity contribution in [3.05, 3.63) is 0 Å². The summed E-state index contributed by atoms with van der Waals surface area (Å²) in [6.45, 7) is 16.1. The summed E-state index contributed by atoms with van der Waals surface area (Å²) in [5, 5.41) is 3.44. The van der Waals surface area contributed by atoms with E-state index in [0.717, 1.165) is 26.1 Å². The quantitative estimate of drug-likeness (QED) is 0.817. The third-order valence-corrected chi connectivity index (χ3v) is 3.85. The van der Waals surface area contributed by atoms with Crippen molar-refractivity contribution in [3.63, 3.8) is 0 Å². The largest absolute Gasteiger partial charge is 0.342 e. The number of nitrogens with zero attached hydrogens (tertiary/aromatic N) is 1. The molecule has 2 unspecified atom stereocenters. The SMILES string of the molecule is CC(CNC(C)C)CN1CC(C(C)(C)C)CC1=O. The molecule has 1 amide bonds. The number of carbonyl (C=O) groups excluding carboxylic acids is 1. The van der Waals surface area contributed by atoms with Crippen molar-refractivity contribution in [2.75, 3.05) is 19.6 Å². The number of hydrogen-bond donors (Lipinski definition) is 1. The smallest absolute Gasteiger partial charge is 0.222 e. The number of hydrogen-bond acceptors (Lipinski definition) is 2. The Hall–Kier alpha value is -0.570. The Bertz CT molecular complexity index is 281. The molecule has 0 saturated carbocycles. The molecular weight excluding hydrogens is 224 g/mol. The number of rotatable bonds is 5. The summed E-state index contributed by atoms with van der Waals surface area (Å²) in [4.78, 5) is 14.1. The molecule has 0 aliphatic carbocycles. The first-order valence-electron chi connectivity index (χ1n) is 7.21. The topological polar surface area (TPSA) is 32.3 Å². The van der Waals surface area contributed by atoms with Gasteiger partial charge in [0.25, 0.3) is 0 Å². The molecule has 2 atom stereocenters. The molecule has 1 aliphatic rings. The van der Waals surface area contributed by atoms with Gasteiger partial charge in [0.15, 0.2) is 0 Å². The molecule has 0 aromatic rings. The van der Waals surface area contributed by atoms with Gasteiger partial charge in [-0.3, -0.25) is 4.79 Å². The van der Waals surface area contributed by atoms with E-state index in [9.17, 15) is 4.79 Å². The summed E-state index contributed by atoms with van der Waals surface area (Å²) < 4.78 is 0. The van der Waals surface area contributed by atoms with Crippen molar-refractivity contribution < 1.29 is 4.79 Å². The van der Waals surface area contributed by atoms with E-state index >= 15 is 0 Å². The average Bonchev–Trinajstić information content (AvgIpc) is 2.57. The highest BCUT2D eigenvalue weighted by molar-refractivity contribution is 5.78. The maximum absolute atomic E-state index is 12.0. The van der Waals surface area contributed by atoms with Crippen molar-refractivity contribution in [1.29, 1.82) is 0 Å². The molecule has 1 rings (SSSR count). The van der Waals surface area contributed by atoms with Crippen LogP contribution in [-0.4, -0.2) is 36.5 Å². The predicted octanol–water partition coefficient (Wildman–Crippen LogP) is 2.52. The lowest BCUT2D eigenvalue weighted by Crippen LogP contribution is -2.36. The molecule has 0 spiro atoms. The second kappa shape index (κ2) is 6.05. The highest BCUT2D eigenvalue weighted by Gasteiger charge is 2.36. The Labute approximate surface area is 112 Å². The second-order valence-corrected chi connectivity index (χ2v) is 7.23. The standard InChI is InChI=1S/C15H30N2O/c1-11(2)16-8-12(3)9-17-10-13(7-14(17)18)15(4,5)6/h11-13,16H,7-10H2,1-6H3. The van der Waals surface area contributed by atoms with Gasteiger partial charge >= 0.3 is 0 Å². The molecule has 1 aliphatic heterocycles. The molecule has 0 aromatic heterocycles. The zero-order valence-corrected chi connectivity index (χ0v) is 12.9. The normalized spacial score (nSPS) is 22.9. The third kappa shape index (κ3) is 4.60.